The van der Waals surface area contributed by atoms with E-state index in [1.165, 1.54) is 5.39 Å². The Labute approximate surface area is 105 Å². The van der Waals surface area contributed by atoms with Gasteiger partial charge in [-0.25, -0.2) is 0 Å². The van der Waals surface area contributed by atoms with E-state index < -0.39 is 0 Å². The topological polar surface area (TPSA) is 36.7 Å². The van der Waals surface area contributed by atoms with Crippen LogP contribution in [0.2, 0.25) is 0 Å². The van der Waals surface area contributed by atoms with E-state index in [0.29, 0.717) is 5.56 Å². The van der Waals surface area contributed by atoms with Gasteiger partial charge in [0, 0.05) is 11.8 Å². The second-order valence-corrected chi connectivity index (χ2v) is 4.03. The van der Waals surface area contributed by atoms with Crippen molar-refractivity contribution in [2.24, 2.45) is 0 Å². The molecule has 2 aromatic carbocycles. The Kier molecular flexibility index (Phi) is 2.51. The highest BCUT2D eigenvalue weighted by molar-refractivity contribution is 5.86. The first-order valence-electron chi connectivity index (χ1n) is 5.63. The third-order valence-electron chi connectivity index (χ3n) is 2.87. The van der Waals surface area contributed by atoms with Gasteiger partial charge >= 0.3 is 0 Å². The highest BCUT2D eigenvalue weighted by atomic mass is 14.7. The minimum absolute atomic E-state index is 0.625. The third-order valence-corrected chi connectivity index (χ3v) is 2.87. The number of rotatable bonds is 1. The summed E-state index contributed by atoms with van der Waals surface area (Å²) >= 11 is 0. The Hall–Kier alpha value is -2.66. The van der Waals surface area contributed by atoms with Crippen LogP contribution in [-0.2, 0) is 0 Å². The van der Waals surface area contributed by atoms with E-state index in [2.05, 4.69) is 29.3 Å². The van der Waals surface area contributed by atoms with Crippen molar-refractivity contribution in [3.05, 3.63) is 66.4 Å². The van der Waals surface area contributed by atoms with Crippen molar-refractivity contribution in [3.63, 3.8) is 0 Å². The smallest absolute Gasteiger partial charge is 0.0992 e. The van der Waals surface area contributed by atoms with Gasteiger partial charge in [0.15, 0.2) is 0 Å². The van der Waals surface area contributed by atoms with Crippen LogP contribution in [0.5, 0.6) is 0 Å². The van der Waals surface area contributed by atoms with Crippen LogP contribution in [0, 0.1) is 17.4 Å². The van der Waals surface area contributed by atoms with Gasteiger partial charge in [-0.1, -0.05) is 24.3 Å². The third kappa shape index (κ3) is 1.83. The van der Waals surface area contributed by atoms with Crippen LogP contribution in [0.3, 0.4) is 0 Å². The first-order valence-corrected chi connectivity index (χ1v) is 5.63. The maximum absolute atomic E-state index is 8.90. The minimum atomic E-state index is 0.625. The van der Waals surface area contributed by atoms with Crippen molar-refractivity contribution in [2.45, 2.75) is 0 Å². The van der Waals surface area contributed by atoms with Gasteiger partial charge in [0.25, 0.3) is 0 Å². The number of nitriles is 1. The zero-order valence-corrected chi connectivity index (χ0v) is 9.59. The normalized spacial score (nSPS) is 10.2. The van der Waals surface area contributed by atoms with Gasteiger partial charge in [-0.15, -0.1) is 0 Å². The minimum Gasteiger partial charge on any atom is -0.256 e. The molecule has 0 saturated heterocycles. The lowest BCUT2D eigenvalue weighted by atomic mass is 10.0. The molecule has 1 aromatic heterocycles. The molecule has 3 aromatic rings. The second-order valence-electron chi connectivity index (χ2n) is 4.03. The first kappa shape index (κ1) is 10.5. The summed E-state index contributed by atoms with van der Waals surface area (Å²) in [5.74, 6) is 0. The molecule has 0 aliphatic rings. The molecule has 83 valence electrons. The molecule has 3 rings (SSSR count). The van der Waals surface area contributed by atoms with Crippen molar-refractivity contribution >= 4 is 10.8 Å². The number of hydrogen-bond acceptors (Lipinski definition) is 2. The van der Waals surface area contributed by atoms with E-state index in [0.717, 1.165) is 16.6 Å². The number of pyridine rings is 1. The van der Waals surface area contributed by atoms with Gasteiger partial charge in [-0.05, 0) is 41.1 Å². The van der Waals surface area contributed by atoms with E-state index >= 15 is 0 Å². The molecule has 2 nitrogen and oxygen atoms in total. The molecule has 0 amide bonds. The molecule has 0 atom stereocenters. The lowest BCUT2D eigenvalue weighted by molar-refractivity contribution is 1.31. The van der Waals surface area contributed by atoms with Gasteiger partial charge in [0.1, 0.15) is 0 Å². The fourth-order valence-electron chi connectivity index (χ4n) is 1.94. The van der Waals surface area contributed by atoms with Crippen molar-refractivity contribution < 1.29 is 0 Å². The van der Waals surface area contributed by atoms with E-state index in [1.54, 1.807) is 18.3 Å². The Morgan fingerprint density at radius 1 is 1.06 bits per heavy atom. The van der Waals surface area contributed by atoms with Gasteiger partial charge < -0.3 is 0 Å². The molecule has 0 saturated carbocycles. The standard InChI is InChI=1S/C16H9N2/c17-11-12-7-8-18-16(9-12)15-6-5-13-3-1-2-4-14(13)10-15/h1,3-10H. The van der Waals surface area contributed by atoms with Crippen LogP contribution in [0.25, 0.3) is 22.0 Å². The van der Waals surface area contributed by atoms with Crippen molar-refractivity contribution in [3.8, 4) is 17.3 Å². The number of aromatic nitrogens is 1. The van der Waals surface area contributed by atoms with Gasteiger partial charge in [0.05, 0.1) is 17.3 Å². The largest absolute Gasteiger partial charge is 0.256 e. The van der Waals surface area contributed by atoms with Crippen LogP contribution < -0.4 is 0 Å². The first-order chi connectivity index (χ1) is 8.86. The fourth-order valence-corrected chi connectivity index (χ4v) is 1.94. The lowest BCUT2D eigenvalue weighted by Gasteiger charge is -2.03. The number of nitrogens with zero attached hydrogens (tertiary/aromatic N) is 2. The van der Waals surface area contributed by atoms with Crippen LogP contribution in [-0.4, -0.2) is 4.98 Å². The van der Waals surface area contributed by atoms with Gasteiger partial charge in [-0.3, -0.25) is 4.98 Å². The molecular formula is C16H9N2. The molecular weight excluding hydrogens is 220 g/mol. The van der Waals surface area contributed by atoms with E-state index in [1.807, 2.05) is 24.3 Å². The molecule has 18 heavy (non-hydrogen) atoms. The predicted molar refractivity (Wildman–Crippen MR) is 70.7 cm³/mol. The van der Waals surface area contributed by atoms with Crippen LogP contribution in [0.15, 0.2) is 54.7 Å². The highest BCUT2D eigenvalue weighted by Crippen LogP contribution is 2.23. The molecule has 0 spiro atoms. The highest BCUT2D eigenvalue weighted by Gasteiger charge is 2.02. The molecule has 0 aliphatic carbocycles. The lowest BCUT2D eigenvalue weighted by Crippen LogP contribution is -1.85. The van der Waals surface area contributed by atoms with E-state index in [4.69, 9.17) is 5.26 Å². The second kappa shape index (κ2) is 4.31. The SMILES string of the molecule is N#Cc1ccnc(-c2ccc3cc[c]cc3c2)c1. The summed E-state index contributed by atoms with van der Waals surface area (Å²) in [5, 5.41) is 11.2. The number of benzene rings is 2. The van der Waals surface area contributed by atoms with Crippen LogP contribution in [0.1, 0.15) is 5.56 Å². The molecule has 0 bridgehead atoms. The van der Waals surface area contributed by atoms with Crippen molar-refractivity contribution in [2.75, 3.05) is 0 Å². The van der Waals surface area contributed by atoms with Crippen molar-refractivity contribution in [1.29, 1.82) is 5.26 Å². The van der Waals surface area contributed by atoms with Crippen LogP contribution >= 0.6 is 0 Å². The quantitative estimate of drug-likeness (QED) is 0.639. The molecule has 0 aliphatic heterocycles. The molecule has 0 N–H and O–H groups in total. The summed E-state index contributed by atoms with van der Waals surface area (Å²) < 4.78 is 0. The summed E-state index contributed by atoms with van der Waals surface area (Å²) in [6, 6.07) is 20.7. The van der Waals surface area contributed by atoms with Gasteiger partial charge in [-0.2, -0.15) is 5.26 Å². The van der Waals surface area contributed by atoms with Gasteiger partial charge in [0.2, 0.25) is 0 Å². The summed E-state index contributed by atoms with van der Waals surface area (Å²) in [5.41, 5.74) is 2.46. The maximum atomic E-state index is 8.90. The Morgan fingerprint density at radius 2 is 2.00 bits per heavy atom. The molecule has 0 unspecified atom stereocenters. The summed E-state index contributed by atoms with van der Waals surface area (Å²) in [6.45, 7) is 0. The maximum Gasteiger partial charge on any atom is 0.0992 e. The van der Waals surface area contributed by atoms with E-state index in [9.17, 15) is 0 Å². The molecule has 1 heterocycles. The monoisotopic (exact) mass is 229 g/mol. The zero-order valence-electron chi connectivity index (χ0n) is 9.59. The fraction of sp³-hybridized carbons (Fsp3) is 0. The van der Waals surface area contributed by atoms with E-state index in [-0.39, 0.29) is 0 Å². The predicted octanol–water partition coefficient (Wildman–Crippen LogP) is 3.57. The Bertz CT molecular complexity index is 754. The van der Waals surface area contributed by atoms with Crippen LogP contribution in [0.4, 0.5) is 0 Å². The average molecular weight is 229 g/mol. The summed E-state index contributed by atoms with van der Waals surface area (Å²) in [4.78, 5) is 4.30. The summed E-state index contributed by atoms with van der Waals surface area (Å²) in [6.07, 6.45) is 1.66. The zero-order chi connectivity index (χ0) is 12.4. The molecule has 1 radical (unpaired) electrons. The number of fused-ring (bicyclic) bond motifs is 1. The summed E-state index contributed by atoms with van der Waals surface area (Å²) in [7, 11) is 0. The van der Waals surface area contributed by atoms with Crippen molar-refractivity contribution in [1.82, 2.24) is 4.98 Å². The molecule has 0 fully saturated rings. The molecule has 2 heteroatoms. The average Bonchev–Trinajstić information content (AvgIpc) is 2.47. The Balaban J connectivity index is 2.16. The Morgan fingerprint density at radius 3 is 2.89 bits per heavy atom. The number of hydrogen-bond donors (Lipinski definition) is 0.